The number of non-ortho nitro benzene ring substituents is 1. The maximum atomic E-state index is 13.1. The zero-order valence-corrected chi connectivity index (χ0v) is 14.1. The van der Waals surface area contributed by atoms with Crippen LogP contribution in [0, 0.1) is 27.2 Å². The number of carbonyl (C=O) groups excluding carboxylic acids is 1. The van der Waals surface area contributed by atoms with Crippen molar-refractivity contribution in [1.29, 1.82) is 0 Å². The van der Waals surface area contributed by atoms with Gasteiger partial charge < -0.3 is 10.1 Å². The van der Waals surface area contributed by atoms with Gasteiger partial charge in [-0.15, -0.1) is 0 Å². The van der Waals surface area contributed by atoms with Crippen molar-refractivity contribution in [3.8, 4) is 5.75 Å². The molecular formula is C16H12F3N3O6. The predicted octanol–water partition coefficient (Wildman–Crippen LogP) is 3.85. The number of nitrogens with zero attached hydrogens (tertiary/aromatic N) is 2. The van der Waals surface area contributed by atoms with Gasteiger partial charge in [0, 0.05) is 18.2 Å². The number of hydrogen-bond donors (Lipinski definition) is 1. The lowest BCUT2D eigenvalue weighted by atomic mass is 10.1. The van der Waals surface area contributed by atoms with Crippen LogP contribution in [0.15, 0.2) is 36.4 Å². The van der Waals surface area contributed by atoms with Crippen LogP contribution in [-0.4, -0.2) is 22.4 Å². The Kier molecular flexibility index (Phi) is 5.81. The molecule has 148 valence electrons. The van der Waals surface area contributed by atoms with Gasteiger partial charge in [-0.05, 0) is 24.6 Å². The Bertz CT molecular complexity index is 946. The molecule has 0 fully saturated rings. The van der Waals surface area contributed by atoms with Gasteiger partial charge in [0.05, 0.1) is 21.1 Å². The highest BCUT2D eigenvalue weighted by Crippen LogP contribution is 2.37. The van der Waals surface area contributed by atoms with Gasteiger partial charge in [-0.2, -0.15) is 13.2 Å². The third-order valence-corrected chi connectivity index (χ3v) is 3.46. The summed E-state index contributed by atoms with van der Waals surface area (Å²) in [6.07, 6.45) is -4.95. The van der Waals surface area contributed by atoms with E-state index < -0.39 is 51.2 Å². The Balaban J connectivity index is 2.18. The number of rotatable bonds is 6. The van der Waals surface area contributed by atoms with Crippen molar-refractivity contribution >= 4 is 23.0 Å². The van der Waals surface area contributed by atoms with E-state index in [1.165, 1.54) is 18.2 Å². The molecule has 9 nitrogen and oxygen atoms in total. The molecule has 0 radical (unpaired) electrons. The zero-order valence-electron chi connectivity index (χ0n) is 14.1. The summed E-state index contributed by atoms with van der Waals surface area (Å²) in [6, 6.07) is 5.81. The maximum Gasteiger partial charge on any atom is 0.418 e. The van der Waals surface area contributed by atoms with E-state index in [0.29, 0.717) is 11.6 Å². The van der Waals surface area contributed by atoms with Crippen LogP contribution < -0.4 is 10.1 Å². The van der Waals surface area contributed by atoms with Crippen LogP contribution in [0.2, 0.25) is 0 Å². The van der Waals surface area contributed by atoms with Gasteiger partial charge in [0.15, 0.2) is 12.4 Å². The fraction of sp³-hybridized carbons (Fsp3) is 0.188. The molecule has 0 saturated carbocycles. The van der Waals surface area contributed by atoms with Crippen LogP contribution in [0.3, 0.4) is 0 Å². The van der Waals surface area contributed by atoms with Gasteiger partial charge in [0.25, 0.3) is 11.6 Å². The number of aryl methyl sites for hydroxylation is 1. The number of hydrogen-bond acceptors (Lipinski definition) is 6. The summed E-state index contributed by atoms with van der Waals surface area (Å²) >= 11 is 0. The summed E-state index contributed by atoms with van der Waals surface area (Å²) in [7, 11) is 0. The van der Waals surface area contributed by atoms with Crippen LogP contribution in [0.25, 0.3) is 0 Å². The maximum absolute atomic E-state index is 13.1. The summed E-state index contributed by atoms with van der Waals surface area (Å²) < 4.78 is 44.3. The number of carbonyl (C=O) groups is 1. The summed E-state index contributed by atoms with van der Waals surface area (Å²) in [5, 5.41) is 23.6. The molecule has 2 rings (SSSR count). The minimum Gasteiger partial charge on any atom is -0.477 e. The second-order valence-corrected chi connectivity index (χ2v) is 5.55. The van der Waals surface area contributed by atoms with E-state index in [0.717, 1.165) is 12.1 Å². The quantitative estimate of drug-likeness (QED) is 0.581. The van der Waals surface area contributed by atoms with Gasteiger partial charge in [0.1, 0.15) is 0 Å². The number of halogens is 3. The third-order valence-electron chi connectivity index (χ3n) is 3.46. The smallest absolute Gasteiger partial charge is 0.418 e. The first kappa shape index (κ1) is 20.6. The highest BCUT2D eigenvalue weighted by molar-refractivity contribution is 5.93. The molecule has 28 heavy (non-hydrogen) atoms. The topological polar surface area (TPSA) is 125 Å². The number of nitro benzene ring substituents is 2. The monoisotopic (exact) mass is 399 g/mol. The summed E-state index contributed by atoms with van der Waals surface area (Å²) in [6.45, 7) is 0.801. The Morgan fingerprint density at radius 2 is 1.79 bits per heavy atom. The van der Waals surface area contributed by atoms with E-state index >= 15 is 0 Å². The summed E-state index contributed by atoms with van der Waals surface area (Å²) in [5.74, 6) is -1.26. The van der Waals surface area contributed by atoms with E-state index in [2.05, 4.69) is 0 Å². The number of benzene rings is 2. The fourth-order valence-corrected chi connectivity index (χ4v) is 2.21. The first-order valence-corrected chi connectivity index (χ1v) is 7.52. The molecule has 0 unspecified atom stereocenters. The van der Waals surface area contributed by atoms with Crippen LogP contribution in [-0.2, 0) is 11.0 Å². The standard InChI is InChI=1S/C16H12F3N3O6/c1-9-2-5-14(13(6-9)22(26)27)28-8-15(23)20-12-4-3-10(21(24)25)7-11(12)16(17,18)19/h2-7H,8H2,1H3,(H,20,23). The number of nitro groups is 2. The van der Waals surface area contributed by atoms with E-state index in [1.807, 2.05) is 5.32 Å². The van der Waals surface area contributed by atoms with Gasteiger partial charge in [-0.25, -0.2) is 0 Å². The highest BCUT2D eigenvalue weighted by atomic mass is 19.4. The average Bonchev–Trinajstić information content (AvgIpc) is 2.59. The molecule has 0 aliphatic rings. The first-order chi connectivity index (χ1) is 13.0. The zero-order chi connectivity index (χ0) is 21.1. The van der Waals surface area contributed by atoms with E-state index in [1.54, 1.807) is 6.92 Å². The minimum absolute atomic E-state index is 0.231. The first-order valence-electron chi connectivity index (χ1n) is 7.52. The van der Waals surface area contributed by atoms with Gasteiger partial charge >= 0.3 is 11.9 Å². The molecule has 0 aromatic heterocycles. The van der Waals surface area contributed by atoms with E-state index in [9.17, 15) is 38.2 Å². The van der Waals surface area contributed by atoms with Crippen molar-refractivity contribution in [3.05, 3.63) is 67.8 Å². The van der Waals surface area contributed by atoms with E-state index in [4.69, 9.17) is 4.74 Å². The molecular weight excluding hydrogens is 387 g/mol. The molecule has 0 saturated heterocycles. The summed E-state index contributed by atoms with van der Waals surface area (Å²) in [4.78, 5) is 31.9. The molecule has 0 spiro atoms. The van der Waals surface area contributed by atoms with Crippen molar-refractivity contribution in [2.75, 3.05) is 11.9 Å². The lowest BCUT2D eigenvalue weighted by Crippen LogP contribution is -2.22. The van der Waals surface area contributed by atoms with Crippen molar-refractivity contribution in [1.82, 2.24) is 0 Å². The number of anilines is 1. The predicted molar refractivity (Wildman–Crippen MR) is 90.1 cm³/mol. The molecule has 0 heterocycles. The normalized spacial score (nSPS) is 11.0. The fourth-order valence-electron chi connectivity index (χ4n) is 2.21. The minimum atomic E-state index is -4.95. The van der Waals surface area contributed by atoms with Crippen molar-refractivity contribution in [3.63, 3.8) is 0 Å². The number of alkyl halides is 3. The molecule has 2 aromatic rings. The number of amides is 1. The molecule has 0 aliphatic heterocycles. The lowest BCUT2D eigenvalue weighted by molar-refractivity contribution is -0.385. The average molecular weight is 399 g/mol. The second-order valence-electron chi connectivity index (χ2n) is 5.55. The summed E-state index contributed by atoms with van der Waals surface area (Å²) in [5.41, 5.74) is -2.73. The lowest BCUT2D eigenvalue weighted by Gasteiger charge is -2.14. The molecule has 12 heteroatoms. The molecule has 0 bridgehead atoms. The van der Waals surface area contributed by atoms with Crippen molar-refractivity contribution < 1.29 is 32.5 Å². The Labute approximate surface area is 155 Å². The van der Waals surface area contributed by atoms with Crippen LogP contribution in [0.5, 0.6) is 5.75 Å². The van der Waals surface area contributed by atoms with Crippen molar-refractivity contribution in [2.24, 2.45) is 0 Å². The van der Waals surface area contributed by atoms with Gasteiger partial charge in [0.2, 0.25) is 0 Å². The SMILES string of the molecule is Cc1ccc(OCC(=O)Nc2ccc([N+](=O)[O-])cc2C(F)(F)F)c([N+](=O)[O-])c1. The van der Waals surface area contributed by atoms with Gasteiger partial charge in [-0.3, -0.25) is 25.0 Å². The second kappa shape index (κ2) is 7.90. The molecule has 0 atom stereocenters. The number of nitrogens with one attached hydrogen (secondary N) is 1. The van der Waals surface area contributed by atoms with E-state index in [-0.39, 0.29) is 5.75 Å². The number of ether oxygens (including phenoxy) is 1. The Morgan fingerprint density at radius 1 is 1.11 bits per heavy atom. The Hall–Kier alpha value is -3.70. The van der Waals surface area contributed by atoms with Crippen LogP contribution in [0.4, 0.5) is 30.2 Å². The largest absolute Gasteiger partial charge is 0.477 e. The molecule has 1 N–H and O–H groups in total. The van der Waals surface area contributed by atoms with Crippen molar-refractivity contribution in [2.45, 2.75) is 13.1 Å². The highest BCUT2D eigenvalue weighted by Gasteiger charge is 2.35. The molecule has 1 amide bonds. The molecule has 2 aromatic carbocycles. The Morgan fingerprint density at radius 3 is 2.36 bits per heavy atom. The van der Waals surface area contributed by atoms with Gasteiger partial charge in [-0.1, -0.05) is 6.07 Å². The van der Waals surface area contributed by atoms with Crippen LogP contribution in [0.1, 0.15) is 11.1 Å². The molecule has 0 aliphatic carbocycles. The van der Waals surface area contributed by atoms with Crippen LogP contribution >= 0.6 is 0 Å². The third kappa shape index (κ3) is 4.93.